The fraction of sp³-hybridized carbons (Fsp3) is 0.800. The summed E-state index contributed by atoms with van der Waals surface area (Å²) in [5.41, 5.74) is 0. The van der Waals surface area contributed by atoms with E-state index < -0.39 is 0 Å². The largest absolute Gasteiger partial charge is 0.317 e. The summed E-state index contributed by atoms with van der Waals surface area (Å²) >= 11 is 0. The molecule has 0 aliphatic carbocycles. The van der Waals surface area contributed by atoms with E-state index in [9.17, 15) is 0 Å². The molecule has 0 rings (SSSR count). The lowest BCUT2D eigenvalue weighted by molar-refractivity contribution is -0.915. The van der Waals surface area contributed by atoms with Crippen molar-refractivity contribution in [1.82, 2.24) is 0 Å². The zero-order chi connectivity index (χ0) is 15.8. The van der Waals surface area contributed by atoms with Gasteiger partial charge in [-0.05, 0) is 31.9 Å². The standard InChI is InChI=1S/C20H40N/c1-5-9-10-11-12-13-14-15-16-17-20-21(8-4,18-6-2)19-7-3/h6-7H,2-3,5,8-20H2,1,4H3/q+1. The molecule has 0 amide bonds. The Morgan fingerprint density at radius 1 is 0.667 bits per heavy atom. The molecule has 1 heteroatoms. The van der Waals surface area contributed by atoms with Gasteiger partial charge < -0.3 is 4.48 Å². The molecule has 0 N–H and O–H groups in total. The van der Waals surface area contributed by atoms with Crippen LogP contribution in [0.15, 0.2) is 25.3 Å². The highest BCUT2D eigenvalue weighted by Crippen LogP contribution is 2.14. The molecule has 0 radical (unpaired) electrons. The van der Waals surface area contributed by atoms with Gasteiger partial charge in [0.2, 0.25) is 0 Å². The van der Waals surface area contributed by atoms with Crippen molar-refractivity contribution in [3.8, 4) is 0 Å². The summed E-state index contributed by atoms with van der Waals surface area (Å²) in [6.07, 6.45) is 18.3. The van der Waals surface area contributed by atoms with E-state index >= 15 is 0 Å². The van der Waals surface area contributed by atoms with Crippen LogP contribution in [0.5, 0.6) is 0 Å². The van der Waals surface area contributed by atoms with Crippen LogP contribution in [0.2, 0.25) is 0 Å². The molecule has 124 valence electrons. The first-order valence-corrected chi connectivity index (χ1v) is 9.31. The Bertz CT molecular complexity index is 234. The first kappa shape index (κ1) is 20.4. The second-order valence-electron chi connectivity index (χ2n) is 6.51. The first-order valence-electron chi connectivity index (χ1n) is 9.31. The summed E-state index contributed by atoms with van der Waals surface area (Å²) in [5, 5.41) is 0. The second kappa shape index (κ2) is 14.4. The average molecular weight is 295 g/mol. The molecule has 0 atom stereocenters. The molecular weight excluding hydrogens is 254 g/mol. The SMILES string of the molecule is C=CC[N+](CC)(CC=C)CCCCCCCCCCCC. The van der Waals surface area contributed by atoms with Crippen LogP contribution >= 0.6 is 0 Å². The van der Waals surface area contributed by atoms with Crippen LogP contribution in [0.4, 0.5) is 0 Å². The van der Waals surface area contributed by atoms with Gasteiger partial charge in [0.25, 0.3) is 0 Å². The Morgan fingerprint density at radius 2 is 1.10 bits per heavy atom. The molecule has 0 aromatic carbocycles. The number of hydrogen-bond donors (Lipinski definition) is 0. The molecule has 0 heterocycles. The third-order valence-electron chi connectivity index (χ3n) is 4.69. The summed E-state index contributed by atoms with van der Waals surface area (Å²) in [7, 11) is 0. The van der Waals surface area contributed by atoms with Gasteiger partial charge in [-0.3, -0.25) is 0 Å². The van der Waals surface area contributed by atoms with Crippen LogP contribution in [0, 0.1) is 0 Å². The average Bonchev–Trinajstić information content (AvgIpc) is 2.49. The minimum absolute atomic E-state index is 1.08. The van der Waals surface area contributed by atoms with Crippen molar-refractivity contribution in [1.29, 1.82) is 0 Å². The third-order valence-corrected chi connectivity index (χ3v) is 4.69. The van der Waals surface area contributed by atoms with Crippen LogP contribution in [0.1, 0.15) is 78.1 Å². The zero-order valence-corrected chi connectivity index (χ0v) is 14.9. The lowest BCUT2D eigenvalue weighted by Crippen LogP contribution is -2.48. The number of quaternary nitrogens is 1. The van der Waals surface area contributed by atoms with Gasteiger partial charge in [-0.2, -0.15) is 0 Å². The molecule has 0 saturated carbocycles. The van der Waals surface area contributed by atoms with E-state index in [1.807, 2.05) is 0 Å². The minimum atomic E-state index is 1.08. The van der Waals surface area contributed by atoms with Crippen LogP contribution in [-0.2, 0) is 0 Å². The molecular formula is C20H40N+. The lowest BCUT2D eigenvalue weighted by Gasteiger charge is -2.36. The van der Waals surface area contributed by atoms with Crippen molar-refractivity contribution in [2.45, 2.75) is 78.1 Å². The third kappa shape index (κ3) is 10.8. The molecule has 0 bridgehead atoms. The summed E-state index contributed by atoms with van der Waals surface area (Å²) in [5.74, 6) is 0. The quantitative estimate of drug-likeness (QED) is 0.183. The fourth-order valence-electron chi connectivity index (χ4n) is 3.16. The molecule has 0 spiro atoms. The fourth-order valence-corrected chi connectivity index (χ4v) is 3.16. The second-order valence-corrected chi connectivity index (χ2v) is 6.51. The van der Waals surface area contributed by atoms with Crippen LogP contribution < -0.4 is 0 Å². The van der Waals surface area contributed by atoms with Gasteiger partial charge in [0.05, 0.1) is 26.2 Å². The van der Waals surface area contributed by atoms with Gasteiger partial charge in [-0.1, -0.05) is 71.4 Å². The van der Waals surface area contributed by atoms with Crippen LogP contribution in [0.25, 0.3) is 0 Å². The van der Waals surface area contributed by atoms with Crippen LogP contribution in [-0.4, -0.2) is 30.7 Å². The minimum Gasteiger partial charge on any atom is -0.317 e. The normalized spacial score (nSPS) is 11.5. The van der Waals surface area contributed by atoms with Crippen LogP contribution in [0.3, 0.4) is 0 Å². The van der Waals surface area contributed by atoms with Gasteiger partial charge in [-0.15, -0.1) is 0 Å². The number of unbranched alkanes of at least 4 members (excludes halogenated alkanes) is 9. The van der Waals surface area contributed by atoms with E-state index in [0.717, 1.165) is 17.6 Å². The summed E-state index contributed by atoms with van der Waals surface area (Å²) in [6.45, 7) is 17.1. The summed E-state index contributed by atoms with van der Waals surface area (Å²) in [6, 6.07) is 0. The van der Waals surface area contributed by atoms with E-state index in [2.05, 4.69) is 39.2 Å². The van der Waals surface area contributed by atoms with E-state index in [0.29, 0.717) is 0 Å². The molecule has 0 unspecified atom stereocenters. The van der Waals surface area contributed by atoms with Gasteiger partial charge in [0, 0.05) is 0 Å². The monoisotopic (exact) mass is 294 g/mol. The molecule has 21 heavy (non-hydrogen) atoms. The van der Waals surface area contributed by atoms with Crippen molar-refractivity contribution in [3.63, 3.8) is 0 Å². The van der Waals surface area contributed by atoms with Gasteiger partial charge in [0.1, 0.15) is 0 Å². The van der Waals surface area contributed by atoms with Crippen molar-refractivity contribution in [3.05, 3.63) is 25.3 Å². The molecule has 0 aliphatic rings. The Balaban J connectivity index is 3.62. The Morgan fingerprint density at radius 3 is 1.48 bits per heavy atom. The number of hydrogen-bond acceptors (Lipinski definition) is 0. The highest BCUT2D eigenvalue weighted by molar-refractivity contribution is 4.71. The van der Waals surface area contributed by atoms with Gasteiger partial charge in [0.15, 0.2) is 0 Å². The molecule has 0 fully saturated rings. The first-order chi connectivity index (χ1) is 10.2. The summed E-state index contributed by atoms with van der Waals surface area (Å²) < 4.78 is 1.14. The van der Waals surface area contributed by atoms with Gasteiger partial charge in [-0.25, -0.2) is 0 Å². The maximum absolute atomic E-state index is 3.93. The van der Waals surface area contributed by atoms with E-state index in [4.69, 9.17) is 0 Å². The highest BCUT2D eigenvalue weighted by Gasteiger charge is 2.21. The number of nitrogens with zero attached hydrogens (tertiary/aromatic N) is 1. The highest BCUT2D eigenvalue weighted by atomic mass is 15.3. The van der Waals surface area contributed by atoms with E-state index in [1.54, 1.807) is 0 Å². The molecule has 0 saturated heterocycles. The zero-order valence-electron chi connectivity index (χ0n) is 14.9. The van der Waals surface area contributed by atoms with Gasteiger partial charge >= 0.3 is 0 Å². The Hall–Kier alpha value is -0.560. The molecule has 0 aromatic rings. The van der Waals surface area contributed by atoms with Crippen molar-refractivity contribution in [2.75, 3.05) is 26.2 Å². The number of rotatable bonds is 16. The Kier molecular flexibility index (Phi) is 14.0. The predicted molar refractivity (Wildman–Crippen MR) is 97.6 cm³/mol. The predicted octanol–water partition coefficient (Wildman–Crippen LogP) is 6.12. The maximum atomic E-state index is 3.93. The maximum Gasteiger partial charge on any atom is 0.0973 e. The van der Waals surface area contributed by atoms with Crippen molar-refractivity contribution in [2.24, 2.45) is 0 Å². The van der Waals surface area contributed by atoms with Crippen molar-refractivity contribution < 1.29 is 4.48 Å². The Labute approximate surface area is 134 Å². The van der Waals surface area contributed by atoms with E-state index in [1.165, 1.54) is 77.3 Å². The smallest absolute Gasteiger partial charge is 0.0973 e. The lowest BCUT2D eigenvalue weighted by atomic mass is 10.1. The summed E-state index contributed by atoms with van der Waals surface area (Å²) in [4.78, 5) is 0. The van der Waals surface area contributed by atoms with E-state index in [-0.39, 0.29) is 0 Å². The molecule has 1 nitrogen and oxygen atoms in total. The topological polar surface area (TPSA) is 0 Å². The van der Waals surface area contributed by atoms with Crippen molar-refractivity contribution >= 4 is 0 Å². The number of likely N-dealkylation sites (N-methyl/N-ethyl adjacent to an activating group) is 1. The molecule has 0 aromatic heterocycles. The molecule has 0 aliphatic heterocycles.